The van der Waals surface area contributed by atoms with Crippen molar-refractivity contribution >= 4 is 21.4 Å². The van der Waals surface area contributed by atoms with E-state index in [4.69, 9.17) is 0 Å². The molecule has 0 aliphatic heterocycles. The zero-order chi connectivity index (χ0) is 17.0. The lowest BCUT2D eigenvalue weighted by Gasteiger charge is -2.09. The Morgan fingerprint density at radius 3 is 2.09 bits per heavy atom. The average Bonchev–Trinajstić information content (AvgIpc) is 2.47. The summed E-state index contributed by atoms with van der Waals surface area (Å²) in [7, 11) is -3.71. The lowest BCUT2D eigenvalue weighted by Crippen LogP contribution is -2.13. The smallest absolute Gasteiger partial charge is 0.269 e. The van der Waals surface area contributed by atoms with Crippen LogP contribution >= 0.6 is 0 Å². The van der Waals surface area contributed by atoms with Crippen LogP contribution in [-0.4, -0.2) is 13.3 Å². The Hall–Kier alpha value is -2.41. The van der Waals surface area contributed by atoms with Gasteiger partial charge >= 0.3 is 0 Å². The third-order valence-corrected chi connectivity index (χ3v) is 4.61. The third kappa shape index (κ3) is 4.53. The number of rotatable bonds is 6. The van der Waals surface area contributed by atoms with Gasteiger partial charge in [-0.25, -0.2) is 8.42 Å². The highest BCUT2D eigenvalue weighted by atomic mass is 32.2. The van der Waals surface area contributed by atoms with Gasteiger partial charge in [0.15, 0.2) is 0 Å². The van der Waals surface area contributed by atoms with Crippen LogP contribution in [0.15, 0.2) is 53.4 Å². The van der Waals surface area contributed by atoms with Crippen LogP contribution in [-0.2, 0) is 16.4 Å². The van der Waals surface area contributed by atoms with Crippen LogP contribution in [0.1, 0.15) is 19.4 Å². The van der Waals surface area contributed by atoms with Crippen molar-refractivity contribution in [3.8, 4) is 0 Å². The van der Waals surface area contributed by atoms with Gasteiger partial charge in [-0.15, -0.1) is 0 Å². The van der Waals surface area contributed by atoms with Crippen LogP contribution in [0.4, 0.5) is 11.4 Å². The molecule has 2 aromatic carbocycles. The molecule has 122 valence electrons. The zero-order valence-electron chi connectivity index (χ0n) is 12.9. The first-order chi connectivity index (χ1) is 10.8. The fourth-order valence-electron chi connectivity index (χ4n) is 2.14. The number of nitrogens with zero attached hydrogens (tertiary/aromatic N) is 1. The first kappa shape index (κ1) is 17.0. The molecule has 0 heterocycles. The molecule has 23 heavy (non-hydrogen) atoms. The molecule has 0 aliphatic rings. The minimum atomic E-state index is -3.71. The van der Waals surface area contributed by atoms with E-state index in [0.29, 0.717) is 5.92 Å². The number of non-ortho nitro benzene ring substituents is 1. The summed E-state index contributed by atoms with van der Waals surface area (Å²) < 4.78 is 27.0. The van der Waals surface area contributed by atoms with Gasteiger partial charge in [0.25, 0.3) is 15.7 Å². The van der Waals surface area contributed by atoms with E-state index < -0.39 is 14.9 Å². The highest BCUT2D eigenvalue weighted by Crippen LogP contribution is 2.20. The zero-order valence-corrected chi connectivity index (χ0v) is 13.7. The van der Waals surface area contributed by atoms with Gasteiger partial charge < -0.3 is 0 Å². The van der Waals surface area contributed by atoms with Crippen LogP contribution in [0.3, 0.4) is 0 Å². The van der Waals surface area contributed by atoms with Crippen LogP contribution < -0.4 is 4.72 Å². The molecule has 0 unspecified atom stereocenters. The predicted octanol–water partition coefficient (Wildman–Crippen LogP) is 3.59. The second kappa shape index (κ2) is 6.78. The van der Waals surface area contributed by atoms with Gasteiger partial charge in [0, 0.05) is 17.8 Å². The standard InChI is InChI=1S/C16H18N2O4S/c1-12(2)11-13-3-9-16(10-4-13)23(21,22)17-14-5-7-15(8-6-14)18(19)20/h3-10,12,17H,11H2,1-2H3. The average molecular weight is 334 g/mol. The van der Waals surface area contributed by atoms with Crippen molar-refractivity contribution < 1.29 is 13.3 Å². The molecule has 0 spiro atoms. The van der Waals surface area contributed by atoms with Gasteiger partial charge in [0.05, 0.1) is 9.82 Å². The molecule has 0 atom stereocenters. The summed E-state index contributed by atoms with van der Waals surface area (Å²) in [6.07, 6.45) is 0.885. The highest BCUT2D eigenvalue weighted by Gasteiger charge is 2.15. The first-order valence-electron chi connectivity index (χ1n) is 7.14. The molecule has 0 saturated carbocycles. The molecular weight excluding hydrogens is 316 g/mol. The van der Waals surface area contributed by atoms with Crippen LogP contribution in [0.5, 0.6) is 0 Å². The first-order valence-corrected chi connectivity index (χ1v) is 8.62. The van der Waals surface area contributed by atoms with E-state index >= 15 is 0 Å². The van der Waals surface area contributed by atoms with Crippen molar-refractivity contribution in [1.29, 1.82) is 0 Å². The van der Waals surface area contributed by atoms with Gasteiger partial charge in [-0.3, -0.25) is 14.8 Å². The van der Waals surface area contributed by atoms with E-state index in [2.05, 4.69) is 18.6 Å². The second-order valence-corrected chi connectivity index (χ2v) is 7.33. The number of nitrogens with one attached hydrogen (secondary N) is 1. The van der Waals surface area contributed by atoms with Crippen molar-refractivity contribution in [1.82, 2.24) is 0 Å². The van der Waals surface area contributed by atoms with Gasteiger partial charge in [0.1, 0.15) is 0 Å². The molecule has 6 nitrogen and oxygen atoms in total. The monoisotopic (exact) mass is 334 g/mol. The molecule has 0 fully saturated rings. The summed E-state index contributed by atoms with van der Waals surface area (Å²) in [6, 6.07) is 11.9. The van der Waals surface area contributed by atoms with Gasteiger partial charge in [0.2, 0.25) is 0 Å². The number of hydrogen-bond acceptors (Lipinski definition) is 4. The van der Waals surface area contributed by atoms with Gasteiger partial charge in [-0.05, 0) is 42.2 Å². The molecular formula is C16H18N2O4S. The Bertz CT molecular complexity index is 782. The van der Waals surface area contributed by atoms with Crippen molar-refractivity contribution in [2.45, 2.75) is 25.2 Å². The molecule has 0 aliphatic carbocycles. The summed E-state index contributed by atoms with van der Waals surface area (Å²) in [5.74, 6) is 0.496. The summed E-state index contributed by atoms with van der Waals surface area (Å²) in [5, 5.41) is 10.6. The van der Waals surface area contributed by atoms with Gasteiger partial charge in [-0.2, -0.15) is 0 Å². The third-order valence-electron chi connectivity index (χ3n) is 3.21. The maximum atomic E-state index is 12.3. The Kier molecular flexibility index (Phi) is 5.00. The van der Waals surface area contributed by atoms with E-state index in [9.17, 15) is 18.5 Å². The van der Waals surface area contributed by atoms with Crippen LogP contribution in [0.25, 0.3) is 0 Å². The SMILES string of the molecule is CC(C)Cc1ccc(S(=O)(=O)Nc2ccc([N+](=O)[O-])cc2)cc1. The fourth-order valence-corrected chi connectivity index (χ4v) is 3.20. The van der Waals surface area contributed by atoms with Crippen molar-refractivity contribution in [2.75, 3.05) is 4.72 Å². The van der Waals surface area contributed by atoms with Crippen molar-refractivity contribution in [2.24, 2.45) is 5.92 Å². The quantitative estimate of drug-likeness (QED) is 0.645. The molecule has 1 N–H and O–H groups in total. The summed E-state index contributed by atoms with van der Waals surface area (Å²) in [5.41, 5.74) is 1.27. The number of nitro groups is 1. The number of sulfonamides is 1. The number of nitro benzene ring substituents is 1. The van der Waals surface area contributed by atoms with E-state index in [1.165, 1.54) is 24.3 Å². The molecule has 0 radical (unpaired) electrons. The van der Waals surface area contributed by atoms with Crippen molar-refractivity contribution in [3.63, 3.8) is 0 Å². The summed E-state index contributed by atoms with van der Waals surface area (Å²) in [4.78, 5) is 10.2. The maximum absolute atomic E-state index is 12.3. The lowest BCUT2D eigenvalue weighted by atomic mass is 10.0. The molecule has 0 saturated heterocycles. The lowest BCUT2D eigenvalue weighted by molar-refractivity contribution is -0.384. The van der Waals surface area contributed by atoms with Crippen LogP contribution in [0, 0.1) is 16.0 Å². The minimum absolute atomic E-state index is 0.0917. The van der Waals surface area contributed by atoms with E-state index in [-0.39, 0.29) is 16.3 Å². The fraction of sp³-hybridized carbons (Fsp3) is 0.250. The molecule has 2 rings (SSSR count). The van der Waals surface area contributed by atoms with Gasteiger partial charge in [-0.1, -0.05) is 26.0 Å². The Morgan fingerprint density at radius 2 is 1.61 bits per heavy atom. The normalized spacial score (nSPS) is 11.4. The molecule has 0 bridgehead atoms. The minimum Gasteiger partial charge on any atom is -0.280 e. The predicted molar refractivity (Wildman–Crippen MR) is 88.9 cm³/mol. The number of hydrogen-bond donors (Lipinski definition) is 1. The Balaban J connectivity index is 2.16. The maximum Gasteiger partial charge on any atom is 0.269 e. The second-order valence-electron chi connectivity index (χ2n) is 5.65. The van der Waals surface area contributed by atoms with E-state index in [1.807, 2.05) is 0 Å². The van der Waals surface area contributed by atoms with Crippen LogP contribution in [0.2, 0.25) is 0 Å². The topological polar surface area (TPSA) is 89.3 Å². The number of anilines is 1. The Morgan fingerprint density at radius 1 is 1.04 bits per heavy atom. The highest BCUT2D eigenvalue weighted by molar-refractivity contribution is 7.92. The van der Waals surface area contributed by atoms with E-state index in [0.717, 1.165) is 12.0 Å². The molecule has 0 aromatic heterocycles. The number of benzene rings is 2. The Labute approximate surface area is 135 Å². The molecule has 2 aromatic rings. The summed E-state index contributed by atoms with van der Waals surface area (Å²) >= 11 is 0. The molecule has 0 amide bonds. The van der Waals surface area contributed by atoms with E-state index in [1.54, 1.807) is 24.3 Å². The molecule has 7 heteroatoms. The summed E-state index contributed by atoms with van der Waals surface area (Å²) in [6.45, 7) is 4.20. The van der Waals surface area contributed by atoms with Crippen molar-refractivity contribution in [3.05, 3.63) is 64.2 Å². The largest absolute Gasteiger partial charge is 0.280 e.